The molecule has 0 aliphatic carbocycles. The SMILES string of the molecule is Cc1ccc(Cl)cc1-n1nnnc1-c1cc(-c2ccc(CN3CCCC3)cc2)cnc1N. The smallest absolute Gasteiger partial charge is 0.190 e. The topological polar surface area (TPSA) is 85.8 Å². The maximum atomic E-state index is 6.24. The van der Waals surface area contributed by atoms with Crippen molar-refractivity contribution in [2.45, 2.75) is 26.3 Å². The fraction of sp³-hybridized carbons (Fsp3) is 0.250. The Hall–Kier alpha value is -3.29. The van der Waals surface area contributed by atoms with Gasteiger partial charge in [-0.1, -0.05) is 41.9 Å². The lowest BCUT2D eigenvalue weighted by Gasteiger charge is -2.15. The molecule has 2 N–H and O–H groups in total. The maximum absolute atomic E-state index is 6.24. The Kier molecular flexibility index (Phi) is 5.59. The van der Waals surface area contributed by atoms with E-state index in [0.29, 0.717) is 22.2 Å². The van der Waals surface area contributed by atoms with Gasteiger partial charge in [0.15, 0.2) is 5.82 Å². The molecule has 8 heteroatoms. The number of benzene rings is 2. The molecule has 0 bridgehead atoms. The molecule has 1 aliphatic heterocycles. The fourth-order valence-corrected chi connectivity index (χ4v) is 4.31. The highest BCUT2D eigenvalue weighted by Crippen LogP contribution is 2.30. The van der Waals surface area contributed by atoms with Crippen LogP contribution in [0.1, 0.15) is 24.0 Å². The van der Waals surface area contributed by atoms with Gasteiger partial charge in [-0.25, -0.2) is 4.98 Å². The number of likely N-dealkylation sites (tertiary alicyclic amines) is 1. The molecule has 0 unspecified atom stereocenters. The van der Waals surface area contributed by atoms with Crippen molar-refractivity contribution in [3.63, 3.8) is 0 Å². The summed E-state index contributed by atoms with van der Waals surface area (Å²) in [4.78, 5) is 6.92. The highest BCUT2D eigenvalue weighted by atomic mass is 35.5. The van der Waals surface area contributed by atoms with E-state index in [-0.39, 0.29) is 0 Å². The van der Waals surface area contributed by atoms with Crippen molar-refractivity contribution in [1.82, 2.24) is 30.1 Å². The predicted octanol–water partition coefficient (Wildman–Crippen LogP) is 4.53. The van der Waals surface area contributed by atoms with Crippen LogP contribution in [0.4, 0.5) is 5.82 Å². The number of tetrazole rings is 1. The van der Waals surface area contributed by atoms with Gasteiger partial charge >= 0.3 is 0 Å². The fourth-order valence-electron chi connectivity index (χ4n) is 4.14. The van der Waals surface area contributed by atoms with E-state index in [2.05, 4.69) is 49.7 Å². The summed E-state index contributed by atoms with van der Waals surface area (Å²) in [6.07, 6.45) is 4.38. The third kappa shape index (κ3) is 4.09. The van der Waals surface area contributed by atoms with Crippen LogP contribution in [0.2, 0.25) is 5.02 Å². The van der Waals surface area contributed by atoms with Crippen LogP contribution in [0, 0.1) is 6.92 Å². The number of halogens is 1. The van der Waals surface area contributed by atoms with Crippen LogP contribution in [0.25, 0.3) is 28.2 Å². The quantitative estimate of drug-likeness (QED) is 0.485. The third-order valence-electron chi connectivity index (χ3n) is 5.92. The van der Waals surface area contributed by atoms with Gasteiger partial charge in [0.1, 0.15) is 5.82 Å². The predicted molar refractivity (Wildman–Crippen MR) is 126 cm³/mol. The Morgan fingerprint density at radius 1 is 1.00 bits per heavy atom. The van der Waals surface area contributed by atoms with Gasteiger partial charge in [0, 0.05) is 23.3 Å². The number of pyridine rings is 1. The minimum Gasteiger partial charge on any atom is -0.383 e. The van der Waals surface area contributed by atoms with Crippen LogP contribution in [0.5, 0.6) is 0 Å². The van der Waals surface area contributed by atoms with Gasteiger partial charge in [-0.15, -0.1) is 5.10 Å². The van der Waals surface area contributed by atoms with Crippen molar-refractivity contribution in [2.75, 3.05) is 18.8 Å². The molecule has 0 spiro atoms. The van der Waals surface area contributed by atoms with E-state index in [4.69, 9.17) is 17.3 Å². The van der Waals surface area contributed by atoms with E-state index in [1.807, 2.05) is 31.2 Å². The van der Waals surface area contributed by atoms with Crippen molar-refractivity contribution in [1.29, 1.82) is 0 Å². The second-order valence-electron chi connectivity index (χ2n) is 8.18. The normalized spacial score (nSPS) is 14.2. The molecule has 1 aliphatic rings. The molecule has 4 aromatic rings. The van der Waals surface area contributed by atoms with Crippen molar-refractivity contribution >= 4 is 17.4 Å². The molecule has 0 amide bonds. The number of aromatic nitrogens is 5. The first-order valence-electron chi connectivity index (χ1n) is 10.7. The number of hydrogen-bond donors (Lipinski definition) is 1. The molecule has 2 aromatic heterocycles. The van der Waals surface area contributed by atoms with Crippen LogP contribution >= 0.6 is 11.6 Å². The van der Waals surface area contributed by atoms with Gasteiger partial charge < -0.3 is 5.73 Å². The summed E-state index contributed by atoms with van der Waals surface area (Å²) in [7, 11) is 0. The van der Waals surface area contributed by atoms with E-state index in [0.717, 1.165) is 28.9 Å². The Morgan fingerprint density at radius 2 is 1.78 bits per heavy atom. The molecule has 0 atom stereocenters. The van der Waals surface area contributed by atoms with E-state index >= 15 is 0 Å². The molecular weight excluding hydrogens is 422 g/mol. The number of hydrogen-bond acceptors (Lipinski definition) is 6. The van der Waals surface area contributed by atoms with Crippen LogP contribution in [0.15, 0.2) is 54.7 Å². The third-order valence-corrected chi connectivity index (χ3v) is 6.16. The Balaban J connectivity index is 1.48. The lowest BCUT2D eigenvalue weighted by Crippen LogP contribution is -2.18. The minimum atomic E-state index is 0.370. The second kappa shape index (κ2) is 8.68. The van der Waals surface area contributed by atoms with Crippen LogP contribution in [0.3, 0.4) is 0 Å². The van der Waals surface area contributed by atoms with E-state index in [9.17, 15) is 0 Å². The van der Waals surface area contributed by atoms with Crippen LogP contribution in [-0.4, -0.2) is 43.2 Å². The zero-order valence-corrected chi connectivity index (χ0v) is 18.6. The van der Waals surface area contributed by atoms with Crippen LogP contribution < -0.4 is 5.73 Å². The lowest BCUT2D eigenvalue weighted by molar-refractivity contribution is 0.331. The number of anilines is 1. The number of rotatable bonds is 5. The van der Waals surface area contributed by atoms with Crippen molar-refractivity contribution < 1.29 is 0 Å². The van der Waals surface area contributed by atoms with Crippen molar-refractivity contribution in [2.24, 2.45) is 0 Å². The zero-order chi connectivity index (χ0) is 22.1. The summed E-state index contributed by atoms with van der Waals surface area (Å²) in [6.45, 7) is 5.36. The Labute approximate surface area is 191 Å². The van der Waals surface area contributed by atoms with Crippen molar-refractivity contribution in [3.05, 3.63) is 70.9 Å². The van der Waals surface area contributed by atoms with Gasteiger partial charge in [0.2, 0.25) is 0 Å². The summed E-state index contributed by atoms with van der Waals surface area (Å²) in [5, 5.41) is 12.9. The van der Waals surface area contributed by atoms with Gasteiger partial charge in [-0.05, 0) is 78.2 Å². The molecule has 2 aromatic carbocycles. The first-order valence-corrected chi connectivity index (χ1v) is 11.1. The second-order valence-corrected chi connectivity index (χ2v) is 8.62. The monoisotopic (exact) mass is 445 g/mol. The van der Waals surface area contributed by atoms with Gasteiger partial charge in [0.25, 0.3) is 0 Å². The van der Waals surface area contributed by atoms with Crippen LogP contribution in [-0.2, 0) is 6.54 Å². The lowest BCUT2D eigenvalue weighted by atomic mass is 10.0. The number of aryl methyl sites for hydroxylation is 1. The summed E-state index contributed by atoms with van der Waals surface area (Å²) < 4.78 is 1.65. The molecule has 0 radical (unpaired) electrons. The standard InChI is InChI=1S/C24H24ClN7/c1-16-4-9-20(25)13-22(16)32-24(28-29-30-32)21-12-19(14-27-23(21)26)18-7-5-17(6-8-18)15-31-10-2-3-11-31/h4-9,12-14H,2-3,10-11,15H2,1H3,(H2,26,27). The Morgan fingerprint density at radius 3 is 2.56 bits per heavy atom. The first-order chi connectivity index (χ1) is 15.6. The highest BCUT2D eigenvalue weighted by Gasteiger charge is 2.17. The number of nitrogens with two attached hydrogens (primary N) is 1. The molecule has 0 saturated carbocycles. The average Bonchev–Trinajstić information content (AvgIpc) is 3.49. The maximum Gasteiger partial charge on any atom is 0.190 e. The van der Waals surface area contributed by atoms with Gasteiger partial charge in [-0.3, -0.25) is 4.90 Å². The molecule has 32 heavy (non-hydrogen) atoms. The molecule has 3 heterocycles. The summed E-state index contributed by atoms with van der Waals surface area (Å²) in [5.41, 5.74) is 12.1. The van der Waals surface area contributed by atoms with E-state index in [1.54, 1.807) is 10.9 Å². The number of nitrogen functional groups attached to an aromatic ring is 1. The molecular formula is C24H24ClN7. The molecule has 1 fully saturated rings. The van der Waals surface area contributed by atoms with Crippen molar-refractivity contribution in [3.8, 4) is 28.2 Å². The minimum absolute atomic E-state index is 0.370. The first kappa shape index (κ1) is 20.6. The summed E-state index contributed by atoms with van der Waals surface area (Å²) >= 11 is 6.21. The van der Waals surface area contributed by atoms with Gasteiger partial charge in [-0.2, -0.15) is 4.68 Å². The Bertz CT molecular complexity index is 1240. The summed E-state index contributed by atoms with van der Waals surface area (Å²) in [6, 6.07) is 16.2. The largest absolute Gasteiger partial charge is 0.383 e. The average molecular weight is 446 g/mol. The molecule has 162 valence electrons. The summed E-state index contributed by atoms with van der Waals surface area (Å²) in [5.74, 6) is 0.892. The highest BCUT2D eigenvalue weighted by molar-refractivity contribution is 6.30. The molecule has 5 rings (SSSR count). The molecule has 1 saturated heterocycles. The molecule has 7 nitrogen and oxygen atoms in total. The zero-order valence-electron chi connectivity index (χ0n) is 17.9. The van der Waals surface area contributed by atoms with E-state index in [1.165, 1.54) is 31.5 Å². The number of nitrogens with zero attached hydrogens (tertiary/aromatic N) is 6. The van der Waals surface area contributed by atoms with Gasteiger partial charge in [0.05, 0.1) is 11.3 Å². The van der Waals surface area contributed by atoms with E-state index < -0.39 is 0 Å².